The van der Waals surface area contributed by atoms with E-state index in [0.717, 1.165) is 37.2 Å². The van der Waals surface area contributed by atoms with Gasteiger partial charge in [0.2, 0.25) is 11.9 Å². The number of alkyl halides is 3. The van der Waals surface area contributed by atoms with Gasteiger partial charge in [0.15, 0.2) is 0 Å². The van der Waals surface area contributed by atoms with Gasteiger partial charge in [-0.3, -0.25) is 14.5 Å². The smallest absolute Gasteiger partial charge is 0.364 e. The number of carbonyl (C=O) groups is 2. The summed E-state index contributed by atoms with van der Waals surface area (Å²) in [5.41, 5.74) is 5.42. The van der Waals surface area contributed by atoms with Crippen molar-refractivity contribution < 1.29 is 22.8 Å². The van der Waals surface area contributed by atoms with Gasteiger partial charge in [0.1, 0.15) is 11.3 Å². The number of fused-ring (bicyclic) bond motifs is 1. The number of nitrogens with zero attached hydrogens (tertiary/aromatic N) is 7. The zero-order valence-electron chi connectivity index (χ0n) is 21.6. The number of amides is 2. The molecule has 10 nitrogen and oxygen atoms in total. The van der Waals surface area contributed by atoms with Crippen LogP contribution in [0.3, 0.4) is 0 Å². The topological polar surface area (TPSA) is 113 Å². The Kier molecular flexibility index (Phi) is 7.43. The molecule has 2 N–H and O–H groups in total. The van der Waals surface area contributed by atoms with E-state index >= 15 is 0 Å². The van der Waals surface area contributed by atoms with Crippen LogP contribution in [-0.2, 0) is 17.5 Å². The molecule has 2 amide bonds. The Bertz CT molecular complexity index is 1340. The van der Waals surface area contributed by atoms with E-state index in [-0.39, 0.29) is 29.6 Å². The molecule has 1 unspecified atom stereocenters. The second kappa shape index (κ2) is 10.8. The fourth-order valence-corrected chi connectivity index (χ4v) is 5.49. The molecule has 13 heteroatoms. The third kappa shape index (κ3) is 5.68. The number of carbonyl (C=O) groups excluding carboxylic acids is 2. The summed E-state index contributed by atoms with van der Waals surface area (Å²) >= 11 is 0. The molecular weight excluding hydrogens is 513 g/mol. The standard InChI is InChI=1S/C26H31F3N8O2/c1-34(19-7-11-37(12-8-19)25-31-15-18(16-32-25)26(27,28)29)24(39)21-3-2-9-35(21)13-14-36-10-6-17-4-5-20(22(30)38)33-23(17)36/h4-6,10,15-16,19,21H,2-3,7-9,11-14H2,1H3,(H2,30,38). The lowest BCUT2D eigenvalue weighted by molar-refractivity contribution is -0.138. The van der Waals surface area contributed by atoms with E-state index < -0.39 is 17.6 Å². The van der Waals surface area contributed by atoms with Crippen molar-refractivity contribution in [2.24, 2.45) is 5.73 Å². The third-order valence-electron chi connectivity index (χ3n) is 7.75. The van der Waals surface area contributed by atoms with Gasteiger partial charge in [-0.25, -0.2) is 15.0 Å². The van der Waals surface area contributed by atoms with E-state index in [4.69, 9.17) is 5.73 Å². The lowest BCUT2D eigenvalue weighted by Crippen LogP contribution is -2.51. The fraction of sp³-hybridized carbons (Fsp3) is 0.500. The van der Waals surface area contributed by atoms with Crippen molar-refractivity contribution in [3.8, 4) is 0 Å². The highest BCUT2D eigenvalue weighted by Gasteiger charge is 2.36. The first-order valence-corrected chi connectivity index (χ1v) is 13.0. The maximum atomic E-state index is 13.5. The molecule has 208 valence electrons. The van der Waals surface area contributed by atoms with Crippen LogP contribution in [0.2, 0.25) is 0 Å². The highest BCUT2D eigenvalue weighted by molar-refractivity contribution is 5.93. The molecule has 2 aliphatic heterocycles. The number of primary amides is 1. The van der Waals surface area contributed by atoms with Gasteiger partial charge in [-0.05, 0) is 50.4 Å². The molecule has 3 aromatic rings. The number of pyridine rings is 1. The van der Waals surface area contributed by atoms with Crippen molar-refractivity contribution in [3.63, 3.8) is 0 Å². The molecule has 2 saturated heterocycles. The summed E-state index contributed by atoms with van der Waals surface area (Å²) < 4.78 is 40.4. The Morgan fingerprint density at radius 3 is 2.44 bits per heavy atom. The second-order valence-electron chi connectivity index (χ2n) is 10.1. The van der Waals surface area contributed by atoms with Gasteiger partial charge in [-0.2, -0.15) is 13.2 Å². The van der Waals surface area contributed by atoms with Crippen molar-refractivity contribution in [2.75, 3.05) is 38.1 Å². The lowest BCUT2D eigenvalue weighted by atomic mass is 10.0. The first kappa shape index (κ1) is 26.9. The molecule has 5 heterocycles. The number of nitrogens with two attached hydrogens (primary N) is 1. The zero-order chi connectivity index (χ0) is 27.7. The van der Waals surface area contributed by atoms with Crippen LogP contribution in [0.25, 0.3) is 11.0 Å². The highest BCUT2D eigenvalue weighted by atomic mass is 19.4. The van der Waals surface area contributed by atoms with E-state index in [0.29, 0.717) is 44.7 Å². The van der Waals surface area contributed by atoms with Gasteiger partial charge in [-0.15, -0.1) is 0 Å². The van der Waals surface area contributed by atoms with Crippen molar-refractivity contribution in [1.29, 1.82) is 0 Å². The molecule has 2 fully saturated rings. The molecule has 0 aromatic carbocycles. The largest absolute Gasteiger partial charge is 0.419 e. The summed E-state index contributed by atoms with van der Waals surface area (Å²) in [5, 5.41) is 0.918. The predicted octanol–water partition coefficient (Wildman–Crippen LogP) is 2.54. The van der Waals surface area contributed by atoms with Crippen LogP contribution in [0.5, 0.6) is 0 Å². The lowest BCUT2D eigenvalue weighted by Gasteiger charge is -2.38. The van der Waals surface area contributed by atoms with Crippen LogP contribution in [-0.4, -0.2) is 86.4 Å². The maximum absolute atomic E-state index is 13.5. The van der Waals surface area contributed by atoms with E-state index in [1.165, 1.54) is 0 Å². The minimum Gasteiger partial charge on any atom is -0.364 e. The SMILES string of the molecule is CN(C(=O)C1CCCN1CCn1ccc2ccc(C(N)=O)nc21)C1CCN(c2ncc(C(F)(F)F)cn2)CC1. The van der Waals surface area contributed by atoms with Crippen molar-refractivity contribution in [3.05, 3.63) is 48.0 Å². The van der Waals surface area contributed by atoms with Gasteiger partial charge in [-0.1, -0.05) is 0 Å². The molecule has 39 heavy (non-hydrogen) atoms. The Balaban J connectivity index is 1.16. The van der Waals surface area contributed by atoms with Crippen LogP contribution in [0.4, 0.5) is 19.1 Å². The summed E-state index contributed by atoms with van der Waals surface area (Å²) in [4.78, 5) is 43.1. The van der Waals surface area contributed by atoms with E-state index in [1.807, 2.05) is 39.7 Å². The summed E-state index contributed by atoms with van der Waals surface area (Å²) in [7, 11) is 1.84. The predicted molar refractivity (Wildman–Crippen MR) is 138 cm³/mol. The quantitative estimate of drug-likeness (QED) is 0.486. The molecular formula is C26H31F3N8O2. The minimum atomic E-state index is -4.47. The molecule has 0 bridgehead atoms. The van der Waals surface area contributed by atoms with Crippen LogP contribution >= 0.6 is 0 Å². The Hall–Kier alpha value is -3.74. The van der Waals surface area contributed by atoms with Crippen LogP contribution in [0.15, 0.2) is 36.8 Å². The zero-order valence-corrected chi connectivity index (χ0v) is 21.6. The average Bonchev–Trinajstić information content (AvgIpc) is 3.57. The van der Waals surface area contributed by atoms with E-state index in [1.54, 1.807) is 6.07 Å². The average molecular weight is 545 g/mol. The number of hydrogen-bond acceptors (Lipinski definition) is 7. The van der Waals surface area contributed by atoms with Gasteiger partial charge < -0.3 is 20.1 Å². The van der Waals surface area contributed by atoms with Crippen molar-refractivity contribution >= 4 is 28.8 Å². The fourth-order valence-electron chi connectivity index (χ4n) is 5.49. The minimum absolute atomic E-state index is 0.0375. The van der Waals surface area contributed by atoms with E-state index in [9.17, 15) is 22.8 Å². The number of aromatic nitrogens is 4. The summed E-state index contributed by atoms with van der Waals surface area (Å²) in [6.45, 7) is 3.23. The summed E-state index contributed by atoms with van der Waals surface area (Å²) in [6.07, 6.45) is 2.16. The number of rotatable bonds is 7. The molecule has 0 saturated carbocycles. The number of likely N-dealkylation sites (tertiary alicyclic amines) is 1. The van der Waals surface area contributed by atoms with Gasteiger partial charge in [0.05, 0.1) is 11.6 Å². The maximum Gasteiger partial charge on any atom is 0.419 e. The molecule has 3 aromatic heterocycles. The van der Waals surface area contributed by atoms with Crippen LogP contribution < -0.4 is 10.6 Å². The Morgan fingerprint density at radius 2 is 1.77 bits per heavy atom. The number of piperidine rings is 1. The van der Waals surface area contributed by atoms with Crippen LogP contribution in [0, 0.1) is 0 Å². The first-order chi connectivity index (χ1) is 18.6. The molecule has 0 spiro atoms. The Morgan fingerprint density at radius 1 is 1.05 bits per heavy atom. The Labute approximate surface area is 223 Å². The summed E-state index contributed by atoms with van der Waals surface area (Å²) in [5.74, 6) is -0.216. The van der Waals surface area contributed by atoms with E-state index in [2.05, 4.69) is 19.9 Å². The first-order valence-electron chi connectivity index (χ1n) is 13.0. The molecule has 0 aliphatic carbocycles. The molecule has 2 aliphatic rings. The molecule has 0 radical (unpaired) electrons. The van der Waals surface area contributed by atoms with Crippen LogP contribution in [0.1, 0.15) is 41.7 Å². The van der Waals surface area contributed by atoms with Crippen molar-refractivity contribution in [2.45, 2.75) is 50.5 Å². The number of hydrogen-bond donors (Lipinski definition) is 1. The molecule has 5 rings (SSSR count). The van der Waals surface area contributed by atoms with Crippen molar-refractivity contribution in [1.82, 2.24) is 29.3 Å². The third-order valence-corrected chi connectivity index (χ3v) is 7.75. The highest BCUT2D eigenvalue weighted by Crippen LogP contribution is 2.29. The second-order valence-corrected chi connectivity index (χ2v) is 10.1. The normalized spacial score (nSPS) is 19.1. The monoisotopic (exact) mass is 544 g/mol. The van der Waals surface area contributed by atoms with Gasteiger partial charge in [0.25, 0.3) is 5.91 Å². The summed E-state index contributed by atoms with van der Waals surface area (Å²) in [6, 6.07) is 5.21. The number of likely N-dealkylation sites (N-methyl/N-ethyl adjacent to an activating group) is 1. The number of anilines is 1. The number of halogens is 3. The van der Waals surface area contributed by atoms with Gasteiger partial charge in [0, 0.05) is 63.2 Å². The molecule has 1 atom stereocenters. The van der Waals surface area contributed by atoms with Gasteiger partial charge >= 0.3 is 6.18 Å².